The molecule has 4 nitrogen and oxygen atoms in total. The zero-order valence-corrected chi connectivity index (χ0v) is 16.2. The minimum Gasteiger partial charge on any atom is -0.362 e. The van der Waals surface area contributed by atoms with Crippen molar-refractivity contribution in [1.29, 1.82) is 0 Å². The van der Waals surface area contributed by atoms with Crippen molar-refractivity contribution in [2.75, 3.05) is 29.1 Å². The van der Waals surface area contributed by atoms with Gasteiger partial charge in [0, 0.05) is 42.4 Å². The number of thiocarbonyl (C=S) groups is 1. The molecule has 1 aliphatic heterocycles. The molecular formula is C20H23N3OS2. The van der Waals surface area contributed by atoms with Gasteiger partial charge in [0.15, 0.2) is 5.11 Å². The molecule has 2 N–H and O–H groups in total. The molecule has 136 valence electrons. The zero-order chi connectivity index (χ0) is 18.2. The number of nitrogens with one attached hydrogen (secondary N) is 2. The molecule has 1 fully saturated rings. The molecule has 0 saturated carbocycles. The third kappa shape index (κ3) is 5.47. The van der Waals surface area contributed by atoms with E-state index in [-0.39, 0.29) is 5.91 Å². The number of benzene rings is 2. The Morgan fingerprint density at radius 2 is 2.00 bits per heavy atom. The standard InChI is InChI=1S/C20H23N3OS2/c24-19-10-5-12-23(19)18-9-4-8-17(14-18)22-20(25)21-11-13-26-15-16-6-2-1-3-7-16/h1-4,6-9,14H,5,10-13,15H2,(H2,21,22,25). The number of amides is 1. The van der Waals surface area contributed by atoms with Gasteiger partial charge in [-0.1, -0.05) is 36.4 Å². The van der Waals surface area contributed by atoms with Crippen molar-refractivity contribution < 1.29 is 4.79 Å². The van der Waals surface area contributed by atoms with E-state index in [2.05, 4.69) is 34.9 Å². The summed E-state index contributed by atoms with van der Waals surface area (Å²) in [6.07, 6.45) is 1.56. The molecule has 1 saturated heterocycles. The predicted octanol–water partition coefficient (Wildman–Crippen LogP) is 4.03. The van der Waals surface area contributed by atoms with Gasteiger partial charge in [-0.05, 0) is 42.4 Å². The second kappa shape index (κ2) is 9.59. The molecule has 6 heteroatoms. The summed E-state index contributed by atoms with van der Waals surface area (Å²) in [5.74, 6) is 2.19. The number of rotatable bonds is 7. The van der Waals surface area contributed by atoms with Crippen LogP contribution in [0.2, 0.25) is 0 Å². The average Bonchev–Trinajstić information content (AvgIpc) is 3.08. The highest BCUT2D eigenvalue weighted by molar-refractivity contribution is 7.98. The summed E-state index contributed by atoms with van der Waals surface area (Å²) < 4.78 is 0. The lowest BCUT2D eigenvalue weighted by atomic mass is 10.2. The first-order valence-electron chi connectivity index (χ1n) is 8.79. The average molecular weight is 386 g/mol. The molecule has 2 aromatic carbocycles. The van der Waals surface area contributed by atoms with Crippen LogP contribution in [0.15, 0.2) is 54.6 Å². The number of hydrogen-bond donors (Lipinski definition) is 2. The summed E-state index contributed by atoms with van der Waals surface area (Å²) in [6, 6.07) is 18.3. The van der Waals surface area contributed by atoms with Crippen LogP contribution >= 0.6 is 24.0 Å². The lowest BCUT2D eigenvalue weighted by molar-refractivity contribution is -0.117. The maximum Gasteiger partial charge on any atom is 0.227 e. The van der Waals surface area contributed by atoms with Gasteiger partial charge in [-0.3, -0.25) is 4.79 Å². The lowest BCUT2D eigenvalue weighted by Crippen LogP contribution is -2.30. The number of thioether (sulfide) groups is 1. The lowest BCUT2D eigenvalue weighted by Gasteiger charge is -2.17. The summed E-state index contributed by atoms with van der Waals surface area (Å²) in [5, 5.41) is 7.04. The number of carbonyl (C=O) groups excluding carboxylic acids is 1. The minimum atomic E-state index is 0.193. The van der Waals surface area contributed by atoms with E-state index in [0.29, 0.717) is 11.5 Å². The Labute approximate surface area is 164 Å². The van der Waals surface area contributed by atoms with Gasteiger partial charge in [0.25, 0.3) is 0 Å². The summed E-state index contributed by atoms with van der Waals surface area (Å²) in [5.41, 5.74) is 3.17. The molecule has 0 atom stereocenters. The zero-order valence-electron chi connectivity index (χ0n) is 14.6. The number of carbonyl (C=O) groups is 1. The van der Waals surface area contributed by atoms with E-state index in [4.69, 9.17) is 12.2 Å². The van der Waals surface area contributed by atoms with Gasteiger partial charge >= 0.3 is 0 Å². The van der Waals surface area contributed by atoms with Crippen LogP contribution in [0.25, 0.3) is 0 Å². The maximum atomic E-state index is 11.9. The number of anilines is 2. The van der Waals surface area contributed by atoms with Gasteiger partial charge in [-0.15, -0.1) is 0 Å². The Morgan fingerprint density at radius 1 is 1.15 bits per heavy atom. The summed E-state index contributed by atoms with van der Waals surface area (Å²) in [6.45, 7) is 1.61. The van der Waals surface area contributed by atoms with Gasteiger partial charge in [0.1, 0.15) is 0 Å². The van der Waals surface area contributed by atoms with Crippen molar-refractivity contribution in [1.82, 2.24) is 5.32 Å². The largest absolute Gasteiger partial charge is 0.362 e. The van der Waals surface area contributed by atoms with E-state index in [1.54, 1.807) is 0 Å². The second-order valence-corrected chi connectivity index (χ2v) is 7.63. The van der Waals surface area contributed by atoms with Crippen molar-refractivity contribution >= 4 is 46.4 Å². The quantitative estimate of drug-likeness (QED) is 0.556. The van der Waals surface area contributed by atoms with Crippen LogP contribution in [0, 0.1) is 0 Å². The van der Waals surface area contributed by atoms with E-state index < -0.39 is 0 Å². The molecule has 1 heterocycles. The van der Waals surface area contributed by atoms with Crippen molar-refractivity contribution in [3.63, 3.8) is 0 Å². The van der Waals surface area contributed by atoms with Gasteiger partial charge < -0.3 is 15.5 Å². The third-order valence-corrected chi connectivity index (χ3v) is 5.41. The van der Waals surface area contributed by atoms with E-state index in [0.717, 1.165) is 42.4 Å². The highest BCUT2D eigenvalue weighted by Crippen LogP contribution is 2.24. The summed E-state index contributed by atoms with van der Waals surface area (Å²) >= 11 is 7.25. The molecule has 0 radical (unpaired) electrons. The van der Waals surface area contributed by atoms with Gasteiger partial charge in [0.05, 0.1) is 0 Å². The Balaban J connectivity index is 1.40. The van der Waals surface area contributed by atoms with Crippen LogP contribution in [-0.2, 0) is 10.5 Å². The molecule has 1 aliphatic rings. The molecule has 26 heavy (non-hydrogen) atoms. The fourth-order valence-corrected chi connectivity index (χ4v) is 3.89. The molecule has 0 aromatic heterocycles. The molecular weight excluding hydrogens is 362 g/mol. The smallest absolute Gasteiger partial charge is 0.227 e. The molecule has 0 spiro atoms. The van der Waals surface area contributed by atoms with E-state index >= 15 is 0 Å². The topological polar surface area (TPSA) is 44.4 Å². The third-order valence-electron chi connectivity index (χ3n) is 4.13. The van der Waals surface area contributed by atoms with Crippen molar-refractivity contribution in [2.45, 2.75) is 18.6 Å². The van der Waals surface area contributed by atoms with Crippen molar-refractivity contribution in [3.8, 4) is 0 Å². The molecule has 0 bridgehead atoms. The van der Waals surface area contributed by atoms with Crippen LogP contribution in [0.1, 0.15) is 18.4 Å². The maximum absolute atomic E-state index is 11.9. The summed E-state index contributed by atoms with van der Waals surface area (Å²) in [7, 11) is 0. The Hall–Kier alpha value is -2.05. The Bertz CT molecular complexity index is 752. The molecule has 0 aliphatic carbocycles. The first-order chi connectivity index (χ1) is 12.7. The normalized spacial score (nSPS) is 13.7. The number of nitrogens with zero attached hydrogens (tertiary/aromatic N) is 1. The molecule has 2 aromatic rings. The molecule has 3 rings (SSSR count). The van der Waals surface area contributed by atoms with Crippen LogP contribution in [0.3, 0.4) is 0 Å². The fraction of sp³-hybridized carbons (Fsp3) is 0.300. The van der Waals surface area contributed by atoms with Crippen molar-refractivity contribution in [2.24, 2.45) is 0 Å². The molecule has 0 unspecified atom stereocenters. The Kier molecular flexibility index (Phi) is 6.91. The predicted molar refractivity (Wildman–Crippen MR) is 115 cm³/mol. The van der Waals surface area contributed by atoms with Crippen LogP contribution in [-0.4, -0.2) is 29.9 Å². The van der Waals surface area contributed by atoms with Gasteiger partial charge in [0.2, 0.25) is 5.91 Å². The van der Waals surface area contributed by atoms with Crippen LogP contribution < -0.4 is 15.5 Å². The highest BCUT2D eigenvalue weighted by Gasteiger charge is 2.21. The van der Waals surface area contributed by atoms with E-state index in [9.17, 15) is 4.79 Å². The SMILES string of the molecule is O=C1CCCN1c1cccc(NC(=S)NCCSCc2ccccc2)c1. The minimum absolute atomic E-state index is 0.193. The number of hydrogen-bond acceptors (Lipinski definition) is 3. The first kappa shape index (κ1) is 18.7. The summed E-state index contributed by atoms with van der Waals surface area (Å²) in [4.78, 5) is 13.7. The van der Waals surface area contributed by atoms with Crippen molar-refractivity contribution in [3.05, 3.63) is 60.2 Å². The van der Waals surface area contributed by atoms with Gasteiger partial charge in [-0.2, -0.15) is 11.8 Å². The fourth-order valence-electron chi connectivity index (χ4n) is 2.85. The highest BCUT2D eigenvalue weighted by atomic mass is 32.2. The first-order valence-corrected chi connectivity index (χ1v) is 10.4. The van der Waals surface area contributed by atoms with Gasteiger partial charge in [-0.25, -0.2) is 0 Å². The Morgan fingerprint density at radius 3 is 2.77 bits per heavy atom. The van der Waals surface area contributed by atoms with E-state index in [1.807, 2.05) is 47.0 Å². The van der Waals surface area contributed by atoms with E-state index in [1.165, 1.54) is 5.56 Å². The molecule has 1 amide bonds. The monoisotopic (exact) mass is 385 g/mol. The second-order valence-electron chi connectivity index (χ2n) is 6.12. The van der Waals surface area contributed by atoms with Crippen LogP contribution in [0.4, 0.5) is 11.4 Å². The van der Waals surface area contributed by atoms with Crippen LogP contribution in [0.5, 0.6) is 0 Å².